The van der Waals surface area contributed by atoms with Crippen LogP contribution in [-0.2, 0) is 14.8 Å². The van der Waals surface area contributed by atoms with Crippen molar-refractivity contribution in [3.8, 4) is 0 Å². The summed E-state index contributed by atoms with van der Waals surface area (Å²) in [5.74, 6) is 0.913. The monoisotopic (exact) mass is 426 g/mol. The summed E-state index contributed by atoms with van der Waals surface area (Å²) in [5, 5.41) is 3.67. The van der Waals surface area contributed by atoms with Crippen molar-refractivity contribution in [3.63, 3.8) is 0 Å². The van der Waals surface area contributed by atoms with Gasteiger partial charge in [0.15, 0.2) is 0 Å². The Bertz CT molecular complexity index is 741. The number of nitrogens with zero attached hydrogens (tertiary/aromatic N) is 3. The lowest BCUT2D eigenvalue weighted by Crippen LogP contribution is -2.47. The summed E-state index contributed by atoms with van der Waals surface area (Å²) in [7, 11) is -1.51. The highest BCUT2D eigenvalue weighted by atomic mass is 32.2. The number of nitrogens with one attached hydrogen (secondary N) is 1. The van der Waals surface area contributed by atoms with E-state index >= 15 is 0 Å². The molecule has 0 atom stereocenters. The maximum absolute atomic E-state index is 12.7. The van der Waals surface area contributed by atoms with Gasteiger partial charge in [-0.05, 0) is 37.9 Å². The number of piperazine rings is 1. The summed E-state index contributed by atoms with van der Waals surface area (Å²) >= 11 is 1.33. The van der Waals surface area contributed by atoms with E-state index in [0.29, 0.717) is 29.8 Å². The molecule has 0 radical (unpaired) electrons. The molecule has 1 aromatic rings. The Morgan fingerprint density at radius 3 is 2.54 bits per heavy atom. The highest BCUT2D eigenvalue weighted by molar-refractivity contribution is 7.99. The van der Waals surface area contributed by atoms with Crippen LogP contribution in [0.2, 0.25) is 0 Å². The smallest absolute Gasteiger partial charge is 0.244 e. The van der Waals surface area contributed by atoms with Crippen LogP contribution in [0.25, 0.3) is 0 Å². The first-order chi connectivity index (χ1) is 13.4. The molecule has 1 aliphatic heterocycles. The molecule has 0 aromatic carbocycles. The number of pyridine rings is 1. The Morgan fingerprint density at radius 1 is 1.18 bits per heavy atom. The van der Waals surface area contributed by atoms with E-state index in [1.807, 2.05) is 7.05 Å². The quantitative estimate of drug-likeness (QED) is 0.670. The molecule has 0 unspecified atom stereocenters. The predicted octanol–water partition coefficient (Wildman–Crippen LogP) is 1.81. The van der Waals surface area contributed by atoms with Crippen LogP contribution in [0, 0.1) is 5.92 Å². The van der Waals surface area contributed by atoms with E-state index in [1.165, 1.54) is 54.4 Å². The number of carbonyl (C=O) groups excluding carboxylic acids is 1. The van der Waals surface area contributed by atoms with Gasteiger partial charge in [-0.15, -0.1) is 0 Å². The van der Waals surface area contributed by atoms with Crippen molar-refractivity contribution in [2.45, 2.75) is 42.0 Å². The lowest BCUT2D eigenvalue weighted by molar-refractivity contribution is -0.118. The van der Waals surface area contributed by atoms with Crippen molar-refractivity contribution in [1.82, 2.24) is 19.5 Å². The van der Waals surface area contributed by atoms with Gasteiger partial charge in [-0.1, -0.05) is 31.0 Å². The topological polar surface area (TPSA) is 82.6 Å². The lowest BCUT2D eigenvalue weighted by atomic mass is 9.89. The van der Waals surface area contributed by atoms with Crippen LogP contribution in [0.3, 0.4) is 0 Å². The molecular formula is C19H30N4O3S2. The Balaban J connectivity index is 1.46. The second-order valence-corrected chi connectivity index (χ2v) is 10.6. The molecular weight excluding hydrogens is 396 g/mol. The Kier molecular flexibility index (Phi) is 7.73. The molecule has 0 spiro atoms. The molecule has 1 saturated carbocycles. The van der Waals surface area contributed by atoms with Crippen molar-refractivity contribution in [3.05, 3.63) is 18.3 Å². The van der Waals surface area contributed by atoms with Gasteiger partial charge in [-0.2, -0.15) is 4.31 Å². The van der Waals surface area contributed by atoms with E-state index in [-0.39, 0.29) is 10.8 Å². The Hall–Kier alpha value is -1.16. The van der Waals surface area contributed by atoms with Crippen LogP contribution in [0.5, 0.6) is 0 Å². The summed E-state index contributed by atoms with van der Waals surface area (Å²) in [5.41, 5.74) is 0. The number of sulfonamides is 1. The average Bonchev–Trinajstić information content (AvgIpc) is 2.72. The maximum atomic E-state index is 12.7. The van der Waals surface area contributed by atoms with E-state index in [9.17, 15) is 13.2 Å². The number of amides is 1. The summed E-state index contributed by atoms with van der Waals surface area (Å²) < 4.78 is 26.9. The molecule has 1 aliphatic carbocycles. The molecule has 1 N–H and O–H groups in total. The first-order valence-corrected chi connectivity index (χ1v) is 12.4. The van der Waals surface area contributed by atoms with Crippen LogP contribution < -0.4 is 5.32 Å². The zero-order valence-electron chi connectivity index (χ0n) is 16.5. The standard InChI is InChI=1S/C19H30N4O3S2/c1-22-9-11-23(12-10-22)28(25,26)17-7-8-19(21-14-17)27-15-18(24)20-13-16-5-3-2-4-6-16/h7-8,14,16H,2-6,9-13,15H2,1H3,(H,20,24). The van der Waals surface area contributed by atoms with E-state index in [4.69, 9.17) is 0 Å². The Morgan fingerprint density at radius 2 is 1.89 bits per heavy atom. The van der Waals surface area contributed by atoms with Gasteiger partial charge in [0.05, 0.1) is 10.8 Å². The van der Waals surface area contributed by atoms with E-state index < -0.39 is 10.0 Å². The fourth-order valence-electron chi connectivity index (χ4n) is 3.62. The Labute approximate surface area is 172 Å². The van der Waals surface area contributed by atoms with Gasteiger partial charge in [-0.25, -0.2) is 13.4 Å². The number of likely N-dealkylation sites (N-methyl/N-ethyl adjacent to an activating group) is 1. The van der Waals surface area contributed by atoms with Gasteiger partial charge in [0.1, 0.15) is 4.90 Å². The minimum atomic E-state index is -3.50. The number of thioether (sulfide) groups is 1. The molecule has 3 rings (SSSR count). The predicted molar refractivity (Wildman–Crippen MR) is 111 cm³/mol. The van der Waals surface area contributed by atoms with Crippen LogP contribution in [0.15, 0.2) is 28.3 Å². The molecule has 1 aromatic heterocycles. The number of aromatic nitrogens is 1. The molecule has 7 nitrogen and oxygen atoms in total. The summed E-state index contributed by atoms with van der Waals surface area (Å²) in [6, 6.07) is 3.27. The first-order valence-electron chi connectivity index (χ1n) is 9.99. The number of hydrogen-bond acceptors (Lipinski definition) is 6. The van der Waals surface area contributed by atoms with Gasteiger partial charge in [-0.3, -0.25) is 4.79 Å². The number of hydrogen-bond donors (Lipinski definition) is 1. The minimum Gasteiger partial charge on any atom is -0.355 e. The van der Waals surface area contributed by atoms with Gasteiger partial charge in [0.25, 0.3) is 0 Å². The van der Waals surface area contributed by atoms with Gasteiger partial charge < -0.3 is 10.2 Å². The van der Waals surface area contributed by atoms with Crippen LogP contribution in [0.4, 0.5) is 0 Å². The SMILES string of the molecule is CN1CCN(S(=O)(=O)c2ccc(SCC(=O)NCC3CCCCC3)nc2)CC1. The fourth-order valence-corrected chi connectivity index (χ4v) is 5.66. The van der Waals surface area contributed by atoms with Gasteiger partial charge in [0.2, 0.25) is 15.9 Å². The molecule has 1 saturated heterocycles. The third-order valence-electron chi connectivity index (χ3n) is 5.47. The fraction of sp³-hybridized carbons (Fsp3) is 0.684. The summed E-state index contributed by atoms with van der Waals surface area (Å²) in [6.45, 7) is 3.22. The largest absolute Gasteiger partial charge is 0.355 e. The number of carbonyl (C=O) groups is 1. The zero-order valence-corrected chi connectivity index (χ0v) is 18.1. The van der Waals surface area contributed by atoms with Crippen LogP contribution in [0.1, 0.15) is 32.1 Å². The molecule has 2 aliphatic rings. The normalized spacial score (nSPS) is 20.2. The van der Waals surface area contributed by atoms with Crippen molar-refractivity contribution in [2.75, 3.05) is 45.5 Å². The summed E-state index contributed by atoms with van der Waals surface area (Å²) in [4.78, 5) is 18.6. The van der Waals surface area contributed by atoms with Crippen molar-refractivity contribution in [1.29, 1.82) is 0 Å². The minimum absolute atomic E-state index is 0.00603. The molecule has 1 amide bonds. The van der Waals surface area contributed by atoms with E-state index in [1.54, 1.807) is 12.1 Å². The molecule has 0 bridgehead atoms. The molecule has 28 heavy (non-hydrogen) atoms. The second-order valence-electron chi connectivity index (χ2n) is 7.64. The van der Waals surface area contributed by atoms with Crippen molar-refractivity contribution < 1.29 is 13.2 Å². The van der Waals surface area contributed by atoms with Gasteiger partial charge in [0, 0.05) is 38.9 Å². The van der Waals surface area contributed by atoms with E-state index in [2.05, 4.69) is 15.2 Å². The van der Waals surface area contributed by atoms with Gasteiger partial charge >= 0.3 is 0 Å². The van der Waals surface area contributed by atoms with Crippen LogP contribution >= 0.6 is 11.8 Å². The molecule has 2 fully saturated rings. The average molecular weight is 427 g/mol. The second kappa shape index (κ2) is 10.0. The highest BCUT2D eigenvalue weighted by Crippen LogP contribution is 2.23. The highest BCUT2D eigenvalue weighted by Gasteiger charge is 2.27. The zero-order chi connectivity index (χ0) is 20.0. The summed E-state index contributed by atoms with van der Waals surface area (Å²) in [6.07, 6.45) is 7.66. The van der Waals surface area contributed by atoms with Crippen molar-refractivity contribution >= 4 is 27.7 Å². The van der Waals surface area contributed by atoms with E-state index in [0.717, 1.165) is 19.6 Å². The third kappa shape index (κ3) is 5.92. The molecule has 9 heteroatoms. The van der Waals surface area contributed by atoms with Crippen LogP contribution in [-0.4, -0.2) is 74.0 Å². The van der Waals surface area contributed by atoms with Crippen molar-refractivity contribution in [2.24, 2.45) is 5.92 Å². The number of rotatable bonds is 7. The first kappa shape index (κ1) is 21.5. The molecule has 156 valence electrons. The third-order valence-corrected chi connectivity index (χ3v) is 8.30. The molecule has 2 heterocycles. The maximum Gasteiger partial charge on any atom is 0.244 e. The lowest BCUT2D eigenvalue weighted by Gasteiger charge is -2.31.